The van der Waals surface area contributed by atoms with Crippen LogP contribution in [0.15, 0.2) is 12.1 Å². The fourth-order valence-electron chi connectivity index (χ4n) is 1.23. The average Bonchev–Trinajstić information content (AvgIpc) is 2.58. The van der Waals surface area contributed by atoms with Crippen molar-refractivity contribution in [3.63, 3.8) is 0 Å². The lowest BCUT2D eigenvalue weighted by Crippen LogP contribution is -2.22. The maximum Gasteiger partial charge on any atom is 0.322 e. The number of carbonyl (C=O) groups is 2. The number of thiophene rings is 1. The Labute approximate surface area is 78.9 Å². The zero-order valence-corrected chi connectivity index (χ0v) is 7.77. The smallest absolute Gasteiger partial charge is 0.321 e. The van der Waals surface area contributed by atoms with E-state index in [-0.39, 0.29) is 5.91 Å². The summed E-state index contributed by atoms with van der Waals surface area (Å²) in [5, 5.41) is 4.74. The molecule has 4 nitrogen and oxygen atoms in total. The second-order valence-electron chi connectivity index (χ2n) is 2.84. The van der Waals surface area contributed by atoms with E-state index in [2.05, 4.69) is 10.6 Å². The van der Waals surface area contributed by atoms with Crippen LogP contribution in [0.5, 0.6) is 0 Å². The van der Waals surface area contributed by atoms with Gasteiger partial charge in [-0.3, -0.25) is 10.1 Å². The standard InChI is InChI=1S/C8H8N2O2S/c1-4-2-3-5(13-4)6-7(11)10-8(12)9-6/h2-3,6H,1H3,(H2,9,10,11,12)/t6-/m0/s1. The molecule has 1 aromatic heterocycles. The molecule has 0 bridgehead atoms. The molecule has 0 spiro atoms. The van der Waals surface area contributed by atoms with Gasteiger partial charge in [0.2, 0.25) is 0 Å². The summed E-state index contributed by atoms with van der Waals surface area (Å²) in [6.07, 6.45) is 0. The minimum Gasteiger partial charge on any atom is -0.321 e. The maximum atomic E-state index is 11.2. The SMILES string of the molecule is Cc1ccc([C@@H]2NC(=O)NC2=O)s1. The molecule has 0 saturated carbocycles. The number of aryl methyl sites for hydroxylation is 1. The number of carbonyl (C=O) groups excluding carboxylic acids is 2. The number of hydrogen-bond acceptors (Lipinski definition) is 3. The van der Waals surface area contributed by atoms with E-state index >= 15 is 0 Å². The highest BCUT2D eigenvalue weighted by molar-refractivity contribution is 7.12. The van der Waals surface area contributed by atoms with Crippen molar-refractivity contribution in [3.05, 3.63) is 21.9 Å². The Morgan fingerprint density at radius 2 is 2.15 bits per heavy atom. The van der Waals surface area contributed by atoms with Gasteiger partial charge in [0, 0.05) is 9.75 Å². The van der Waals surface area contributed by atoms with Crippen LogP contribution < -0.4 is 10.6 Å². The molecule has 0 radical (unpaired) electrons. The molecule has 0 unspecified atom stereocenters. The summed E-state index contributed by atoms with van der Waals surface area (Å²) in [7, 11) is 0. The van der Waals surface area contributed by atoms with E-state index in [4.69, 9.17) is 0 Å². The fraction of sp³-hybridized carbons (Fsp3) is 0.250. The van der Waals surface area contributed by atoms with Crippen molar-refractivity contribution in [3.8, 4) is 0 Å². The molecule has 13 heavy (non-hydrogen) atoms. The van der Waals surface area contributed by atoms with Crippen LogP contribution in [-0.2, 0) is 4.79 Å². The number of amides is 3. The molecule has 2 N–H and O–H groups in total. The summed E-state index contributed by atoms with van der Waals surface area (Å²) in [4.78, 5) is 24.0. The van der Waals surface area contributed by atoms with E-state index in [1.54, 1.807) is 0 Å². The summed E-state index contributed by atoms with van der Waals surface area (Å²) in [6.45, 7) is 1.96. The Hall–Kier alpha value is -1.36. The highest BCUT2D eigenvalue weighted by Gasteiger charge is 2.31. The second-order valence-corrected chi connectivity index (χ2v) is 4.16. The Balaban J connectivity index is 2.27. The van der Waals surface area contributed by atoms with E-state index in [1.807, 2.05) is 19.1 Å². The van der Waals surface area contributed by atoms with Crippen molar-refractivity contribution >= 4 is 23.3 Å². The Morgan fingerprint density at radius 1 is 1.38 bits per heavy atom. The van der Waals surface area contributed by atoms with Crippen LogP contribution in [-0.4, -0.2) is 11.9 Å². The first kappa shape index (κ1) is 8.25. The van der Waals surface area contributed by atoms with Gasteiger partial charge < -0.3 is 5.32 Å². The van der Waals surface area contributed by atoms with E-state index in [9.17, 15) is 9.59 Å². The number of hydrogen-bond donors (Lipinski definition) is 2. The van der Waals surface area contributed by atoms with Gasteiger partial charge in [0.15, 0.2) is 0 Å². The van der Waals surface area contributed by atoms with Gasteiger partial charge in [0.25, 0.3) is 5.91 Å². The molecular formula is C8H8N2O2S. The molecule has 1 saturated heterocycles. The minimum absolute atomic E-state index is 0.271. The van der Waals surface area contributed by atoms with Crippen LogP contribution in [0.1, 0.15) is 15.8 Å². The van der Waals surface area contributed by atoms with Crippen molar-refractivity contribution in [1.82, 2.24) is 10.6 Å². The predicted octanol–water partition coefficient (Wildman–Crippen LogP) is 0.937. The number of imide groups is 1. The summed E-state index contributed by atoms with van der Waals surface area (Å²) >= 11 is 1.52. The quantitative estimate of drug-likeness (QED) is 0.657. The van der Waals surface area contributed by atoms with Gasteiger partial charge in [0.1, 0.15) is 6.04 Å². The summed E-state index contributed by atoms with van der Waals surface area (Å²) in [6, 6.07) is 2.88. The van der Waals surface area contributed by atoms with Crippen LogP contribution in [0, 0.1) is 6.92 Å². The van der Waals surface area contributed by atoms with Crippen molar-refractivity contribution in [2.24, 2.45) is 0 Å². The predicted molar refractivity (Wildman–Crippen MR) is 48.5 cm³/mol. The van der Waals surface area contributed by atoms with Crippen LogP contribution in [0.4, 0.5) is 4.79 Å². The summed E-state index contributed by atoms with van der Waals surface area (Å²) < 4.78 is 0. The van der Waals surface area contributed by atoms with Crippen molar-refractivity contribution in [2.75, 3.05) is 0 Å². The molecule has 0 aliphatic carbocycles. The van der Waals surface area contributed by atoms with Crippen molar-refractivity contribution in [1.29, 1.82) is 0 Å². The monoisotopic (exact) mass is 196 g/mol. The van der Waals surface area contributed by atoms with E-state index in [1.165, 1.54) is 11.3 Å². The van der Waals surface area contributed by atoms with Crippen LogP contribution in [0.3, 0.4) is 0 Å². The molecule has 68 valence electrons. The highest BCUT2D eigenvalue weighted by Crippen LogP contribution is 2.24. The van der Waals surface area contributed by atoms with E-state index in [0.717, 1.165) is 9.75 Å². The molecule has 3 amide bonds. The Morgan fingerprint density at radius 3 is 2.62 bits per heavy atom. The molecule has 2 heterocycles. The molecule has 1 fully saturated rings. The highest BCUT2D eigenvalue weighted by atomic mass is 32.1. The summed E-state index contributed by atoms with van der Waals surface area (Å²) in [5.74, 6) is -0.271. The van der Waals surface area contributed by atoms with E-state index in [0.29, 0.717) is 0 Å². The largest absolute Gasteiger partial charge is 0.322 e. The van der Waals surface area contributed by atoms with E-state index < -0.39 is 12.1 Å². The molecule has 1 atom stereocenters. The molecular weight excluding hydrogens is 188 g/mol. The van der Waals surface area contributed by atoms with Gasteiger partial charge >= 0.3 is 6.03 Å². The lowest BCUT2D eigenvalue weighted by molar-refractivity contribution is -0.120. The average molecular weight is 196 g/mol. The second kappa shape index (κ2) is 2.85. The number of nitrogens with one attached hydrogen (secondary N) is 2. The molecule has 1 aromatic rings. The minimum atomic E-state index is -0.494. The van der Waals surface area contributed by atoms with Crippen LogP contribution in [0.25, 0.3) is 0 Å². The van der Waals surface area contributed by atoms with Gasteiger partial charge in [0.05, 0.1) is 0 Å². The summed E-state index contributed by atoms with van der Waals surface area (Å²) in [5.41, 5.74) is 0. The number of urea groups is 1. The number of rotatable bonds is 1. The van der Waals surface area contributed by atoms with Gasteiger partial charge in [-0.15, -0.1) is 11.3 Å². The molecule has 5 heteroatoms. The zero-order valence-electron chi connectivity index (χ0n) is 6.96. The normalized spacial score (nSPS) is 21.5. The van der Waals surface area contributed by atoms with Crippen molar-refractivity contribution < 1.29 is 9.59 Å². The Bertz CT molecular complexity index is 372. The topological polar surface area (TPSA) is 58.2 Å². The Kier molecular flexibility index (Phi) is 1.81. The first-order chi connectivity index (χ1) is 6.16. The van der Waals surface area contributed by atoms with Gasteiger partial charge in [-0.2, -0.15) is 0 Å². The third-order valence-electron chi connectivity index (χ3n) is 1.82. The van der Waals surface area contributed by atoms with Crippen molar-refractivity contribution in [2.45, 2.75) is 13.0 Å². The lowest BCUT2D eigenvalue weighted by Gasteiger charge is -2.01. The molecule has 1 aliphatic heterocycles. The van der Waals surface area contributed by atoms with Gasteiger partial charge in [-0.25, -0.2) is 4.79 Å². The first-order valence-corrected chi connectivity index (χ1v) is 4.66. The van der Waals surface area contributed by atoms with Crippen LogP contribution >= 0.6 is 11.3 Å². The van der Waals surface area contributed by atoms with Crippen LogP contribution in [0.2, 0.25) is 0 Å². The third-order valence-corrected chi connectivity index (χ3v) is 2.89. The molecule has 0 aromatic carbocycles. The fourth-order valence-corrected chi connectivity index (χ4v) is 2.15. The van der Waals surface area contributed by atoms with Gasteiger partial charge in [-0.1, -0.05) is 0 Å². The molecule has 1 aliphatic rings. The first-order valence-electron chi connectivity index (χ1n) is 3.84. The molecule has 2 rings (SSSR count). The third kappa shape index (κ3) is 1.42. The maximum absolute atomic E-state index is 11.2. The lowest BCUT2D eigenvalue weighted by atomic mass is 10.2. The zero-order chi connectivity index (χ0) is 9.42. The van der Waals surface area contributed by atoms with Gasteiger partial charge in [-0.05, 0) is 19.1 Å².